The summed E-state index contributed by atoms with van der Waals surface area (Å²) < 4.78 is 0. The van der Waals surface area contributed by atoms with E-state index in [1.165, 1.54) is 25.7 Å². The standard InChI is InChI=1S/C18H20N4O/c19-9-16-18(13-3-1-2-4-15(13)21-22-16)20-17(12-7-8-12)14(10-23)11-5-6-11/h1-4,11-12,14,17,23H,5-8,10H2,(H,20,21). The van der Waals surface area contributed by atoms with Gasteiger partial charge in [-0.15, -0.1) is 10.2 Å². The maximum Gasteiger partial charge on any atom is 0.186 e. The van der Waals surface area contributed by atoms with Crippen LogP contribution >= 0.6 is 0 Å². The molecule has 1 aromatic carbocycles. The molecule has 118 valence electrons. The van der Waals surface area contributed by atoms with Gasteiger partial charge in [0.15, 0.2) is 5.69 Å². The van der Waals surface area contributed by atoms with Crippen molar-refractivity contribution in [3.63, 3.8) is 0 Å². The van der Waals surface area contributed by atoms with E-state index in [0.29, 0.717) is 17.5 Å². The van der Waals surface area contributed by atoms with Gasteiger partial charge in [0.2, 0.25) is 0 Å². The number of aromatic nitrogens is 2. The summed E-state index contributed by atoms with van der Waals surface area (Å²) in [5.41, 5.74) is 1.89. The molecule has 0 bridgehead atoms. The fourth-order valence-electron chi connectivity index (χ4n) is 3.55. The van der Waals surface area contributed by atoms with Crippen LogP contribution in [0.5, 0.6) is 0 Å². The van der Waals surface area contributed by atoms with Gasteiger partial charge in [-0.2, -0.15) is 5.26 Å². The zero-order valence-electron chi connectivity index (χ0n) is 12.9. The first kappa shape index (κ1) is 14.4. The molecule has 0 radical (unpaired) electrons. The van der Waals surface area contributed by atoms with Crippen LogP contribution in [0.3, 0.4) is 0 Å². The summed E-state index contributed by atoms with van der Waals surface area (Å²) in [6.07, 6.45) is 4.80. The molecule has 1 aromatic heterocycles. The molecule has 2 N–H and O–H groups in total. The van der Waals surface area contributed by atoms with Crippen LogP contribution in [0.1, 0.15) is 31.4 Å². The van der Waals surface area contributed by atoms with Crippen LogP contribution in [-0.4, -0.2) is 28.0 Å². The van der Waals surface area contributed by atoms with Gasteiger partial charge in [-0.1, -0.05) is 18.2 Å². The Hall–Kier alpha value is -2.19. The number of aliphatic hydroxyl groups is 1. The highest BCUT2D eigenvalue weighted by atomic mass is 16.3. The smallest absolute Gasteiger partial charge is 0.186 e. The zero-order chi connectivity index (χ0) is 15.8. The summed E-state index contributed by atoms with van der Waals surface area (Å²) in [7, 11) is 0. The monoisotopic (exact) mass is 308 g/mol. The van der Waals surface area contributed by atoms with Crippen molar-refractivity contribution in [2.24, 2.45) is 17.8 Å². The Morgan fingerprint density at radius 3 is 2.57 bits per heavy atom. The molecule has 5 nitrogen and oxygen atoms in total. The van der Waals surface area contributed by atoms with Gasteiger partial charge in [-0.3, -0.25) is 0 Å². The quantitative estimate of drug-likeness (QED) is 0.857. The van der Waals surface area contributed by atoms with E-state index in [-0.39, 0.29) is 18.6 Å². The van der Waals surface area contributed by atoms with Crippen molar-refractivity contribution in [3.05, 3.63) is 30.0 Å². The average Bonchev–Trinajstić information content (AvgIpc) is 3.47. The minimum Gasteiger partial charge on any atom is -0.396 e. The van der Waals surface area contributed by atoms with Gasteiger partial charge in [0.1, 0.15) is 6.07 Å². The Kier molecular flexibility index (Phi) is 3.62. The second-order valence-corrected chi connectivity index (χ2v) is 6.74. The number of aliphatic hydroxyl groups excluding tert-OH is 1. The number of hydrogen-bond donors (Lipinski definition) is 2. The van der Waals surface area contributed by atoms with Gasteiger partial charge in [-0.25, -0.2) is 0 Å². The Morgan fingerprint density at radius 2 is 1.91 bits per heavy atom. The maximum atomic E-state index is 9.87. The average molecular weight is 308 g/mol. The molecule has 5 heteroatoms. The van der Waals surface area contributed by atoms with Gasteiger partial charge in [0, 0.05) is 24.0 Å². The molecule has 0 amide bonds. The predicted molar refractivity (Wildman–Crippen MR) is 87.7 cm³/mol. The summed E-state index contributed by atoms with van der Waals surface area (Å²) in [4.78, 5) is 0. The Morgan fingerprint density at radius 1 is 1.17 bits per heavy atom. The molecule has 0 saturated heterocycles. The molecule has 4 rings (SSSR count). The third kappa shape index (κ3) is 2.75. The van der Waals surface area contributed by atoms with Gasteiger partial charge >= 0.3 is 0 Å². The lowest BCUT2D eigenvalue weighted by atomic mass is 9.91. The summed E-state index contributed by atoms with van der Waals surface area (Å²) in [5.74, 6) is 1.47. The minimum atomic E-state index is 0.206. The SMILES string of the molecule is N#Cc1nnc2ccccc2c1NC(C1CC1)C(CO)C1CC1. The van der Waals surface area contributed by atoms with Crippen molar-refractivity contribution in [2.45, 2.75) is 31.7 Å². The van der Waals surface area contributed by atoms with Crippen LogP contribution in [0.15, 0.2) is 24.3 Å². The molecule has 2 atom stereocenters. The van der Waals surface area contributed by atoms with Crippen molar-refractivity contribution < 1.29 is 5.11 Å². The molecule has 2 unspecified atom stereocenters. The van der Waals surface area contributed by atoms with Crippen LogP contribution in [-0.2, 0) is 0 Å². The lowest BCUT2D eigenvalue weighted by Gasteiger charge is -2.28. The van der Waals surface area contributed by atoms with E-state index in [1.807, 2.05) is 24.3 Å². The molecule has 2 aliphatic carbocycles. The second-order valence-electron chi connectivity index (χ2n) is 6.74. The summed E-state index contributed by atoms with van der Waals surface area (Å²) >= 11 is 0. The normalized spacial score (nSPS) is 20.0. The number of nitrogens with zero attached hydrogens (tertiary/aromatic N) is 3. The summed E-state index contributed by atoms with van der Waals surface area (Å²) in [6.45, 7) is 0.206. The molecular formula is C18H20N4O. The molecule has 2 aliphatic rings. The highest BCUT2D eigenvalue weighted by molar-refractivity contribution is 5.92. The van der Waals surface area contributed by atoms with Crippen molar-refractivity contribution in [3.8, 4) is 6.07 Å². The number of fused-ring (bicyclic) bond motifs is 1. The first-order valence-electron chi connectivity index (χ1n) is 8.34. The molecule has 2 aromatic rings. The lowest BCUT2D eigenvalue weighted by molar-refractivity contribution is 0.185. The Bertz CT molecular complexity index is 761. The van der Waals surface area contributed by atoms with E-state index in [4.69, 9.17) is 0 Å². The summed E-state index contributed by atoms with van der Waals surface area (Å²) in [5, 5.41) is 32.0. The highest BCUT2D eigenvalue weighted by Gasteiger charge is 2.43. The first-order valence-corrected chi connectivity index (χ1v) is 8.34. The number of anilines is 1. The van der Waals surface area contributed by atoms with Crippen LogP contribution in [0, 0.1) is 29.1 Å². The molecule has 23 heavy (non-hydrogen) atoms. The number of benzene rings is 1. The molecule has 2 saturated carbocycles. The van der Waals surface area contributed by atoms with Crippen LogP contribution < -0.4 is 5.32 Å². The van der Waals surface area contributed by atoms with E-state index < -0.39 is 0 Å². The predicted octanol–water partition coefficient (Wildman–Crippen LogP) is 2.71. The van der Waals surface area contributed by atoms with E-state index in [1.54, 1.807) is 0 Å². The fraction of sp³-hybridized carbons (Fsp3) is 0.500. The first-order chi connectivity index (χ1) is 11.3. The number of nitrogens with one attached hydrogen (secondary N) is 1. The highest BCUT2D eigenvalue weighted by Crippen LogP contribution is 2.46. The largest absolute Gasteiger partial charge is 0.396 e. The second kappa shape index (κ2) is 5.78. The fourth-order valence-corrected chi connectivity index (χ4v) is 3.55. The van der Waals surface area contributed by atoms with E-state index in [0.717, 1.165) is 16.6 Å². The van der Waals surface area contributed by atoms with E-state index in [2.05, 4.69) is 21.6 Å². The number of nitriles is 1. The third-order valence-electron chi connectivity index (χ3n) is 5.11. The summed E-state index contributed by atoms with van der Waals surface area (Å²) in [6, 6.07) is 10.1. The topological polar surface area (TPSA) is 81.8 Å². The van der Waals surface area contributed by atoms with Gasteiger partial charge in [0.05, 0.1) is 11.2 Å². The van der Waals surface area contributed by atoms with E-state index in [9.17, 15) is 10.4 Å². The minimum absolute atomic E-state index is 0.206. The van der Waals surface area contributed by atoms with Gasteiger partial charge in [-0.05, 0) is 43.6 Å². The Labute approximate surface area is 135 Å². The van der Waals surface area contributed by atoms with Crippen LogP contribution in [0.4, 0.5) is 5.69 Å². The van der Waals surface area contributed by atoms with Gasteiger partial charge < -0.3 is 10.4 Å². The zero-order valence-corrected chi connectivity index (χ0v) is 12.9. The van der Waals surface area contributed by atoms with Crippen LogP contribution in [0.25, 0.3) is 10.9 Å². The van der Waals surface area contributed by atoms with Gasteiger partial charge in [0.25, 0.3) is 0 Å². The number of hydrogen-bond acceptors (Lipinski definition) is 5. The third-order valence-corrected chi connectivity index (χ3v) is 5.11. The molecule has 1 heterocycles. The van der Waals surface area contributed by atoms with Crippen molar-refractivity contribution in [1.29, 1.82) is 5.26 Å². The maximum absolute atomic E-state index is 9.87. The van der Waals surface area contributed by atoms with Crippen molar-refractivity contribution in [2.75, 3.05) is 11.9 Å². The molecular weight excluding hydrogens is 288 g/mol. The van der Waals surface area contributed by atoms with Crippen molar-refractivity contribution in [1.82, 2.24) is 10.2 Å². The molecule has 0 spiro atoms. The van der Waals surface area contributed by atoms with E-state index >= 15 is 0 Å². The lowest BCUT2D eigenvalue weighted by Crippen LogP contribution is -2.35. The van der Waals surface area contributed by atoms with Crippen LogP contribution in [0.2, 0.25) is 0 Å². The molecule has 2 fully saturated rings. The Balaban J connectivity index is 1.74. The number of rotatable bonds is 6. The molecule has 0 aliphatic heterocycles. The van der Waals surface area contributed by atoms with Crippen molar-refractivity contribution >= 4 is 16.6 Å².